The van der Waals surface area contributed by atoms with Crippen molar-refractivity contribution in [3.63, 3.8) is 0 Å². The quantitative estimate of drug-likeness (QED) is 0.419. The average Bonchev–Trinajstić information content (AvgIpc) is 2.47. The molecule has 6 nitrogen and oxygen atoms in total. The smallest absolute Gasteiger partial charge is 0.186 e. The van der Waals surface area contributed by atoms with Gasteiger partial charge in [0.05, 0.1) is 18.2 Å². The largest absolute Gasteiger partial charge is 0.356 e. The molecule has 6 heteroatoms. The molecule has 0 radical (unpaired) electrons. The molecule has 0 bridgehead atoms. The Kier molecular flexibility index (Phi) is 9.78. The van der Waals surface area contributed by atoms with Gasteiger partial charge in [-0.05, 0) is 20.3 Å². The zero-order valence-electron chi connectivity index (χ0n) is 13.7. The number of likely N-dealkylation sites (N-methyl/N-ethyl adjacent to an activating group) is 1. The Labute approximate surface area is 132 Å². The van der Waals surface area contributed by atoms with E-state index in [-0.39, 0.29) is 0 Å². The van der Waals surface area contributed by atoms with Crippen LogP contribution in [0.1, 0.15) is 39.2 Å². The molecule has 124 valence electrons. The van der Waals surface area contributed by atoms with E-state index in [1.165, 1.54) is 5.56 Å². The Hall–Kier alpha value is -1.95. The van der Waals surface area contributed by atoms with Crippen molar-refractivity contribution in [2.75, 3.05) is 19.6 Å². The van der Waals surface area contributed by atoms with Gasteiger partial charge in [-0.25, -0.2) is 0 Å². The van der Waals surface area contributed by atoms with Crippen LogP contribution in [-0.4, -0.2) is 35.0 Å². The van der Waals surface area contributed by atoms with Crippen molar-refractivity contribution in [3.8, 4) is 0 Å². The fraction of sp³-hybridized carbons (Fsp3) is 0.562. The topological polar surface area (TPSA) is 83.3 Å². The lowest BCUT2D eigenvalue weighted by Crippen LogP contribution is -2.50. The van der Waals surface area contributed by atoms with Crippen LogP contribution >= 0.6 is 0 Å². The minimum Gasteiger partial charge on any atom is -0.356 e. The van der Waals surface area contributed by atoms with Crippen molar-refractivity contribution in [2.24, 2.45) is 0 Å². The SMILES string of the molecule is CCCC(=O)C[N+](CC)(CC)Cc1ccccc1.O=[N+]([O-])[O-]. The summed E-state index contributed by atoms with van der Waals surface area (Å²) in [6.45, 7) is 10.1. The van der Waals surface area contributed by atoms with Gasteiger partial charge in [0, 0.05) is 12.0 Å². The second-order valence-electron chi connectivity index (χ2n) is 5.29. The predicted molar refractivity (Wildman–Crippen MR) is 86.6 cm³/mol. The van der Waals surface area contributed by atoms with Crippen molar-refractivity contribution in [1.82, 2.24) is 0 Å². The van der Waals surface area contributed by atoms with Crippen LogP contribution in [0.4, 0.5) is 0 Å². The summed E-state index contributed by atoms with van der Waals surface area (Å²) < 4.78 is 0.878. The van der Waals surface area contributed by atoms with Crippen molar-refractivity contribution >= 4 is 5.78 Å². The van der Waals surface area contributed by atoms with E-state index in [1.807, 2.05) is 6.07 Å². The minimum atomic E-state index is -1.75. The number of nitrogens with zero attached hydrogens (tertiary/aromatic N) is 2. The Morgan fingerprint density at radius 1 is 1.09 bits per heavy atom. The molecule has 0 atom stereocenters. The first-order chi connectivity index (χ1) is 10.4. The number of rotatable bonds is 8. The van der Waals surface area contributed by atoms with Crippen molar-refractivity contribution in [2.45, 2.75) is 40.2 Å². The molecule has 0 fully saturated rings. The molecular weight excluding hydrogens is 284 g/mol. The van der Waals surface area contributed by atoms with Crippen LogP contribution in [0, 0.1) is 15.3 Å². The summed E-state index contributed by atoms with van der Waals surface area (Å²) >= 11 is 0. The molecule has 0 saturated carbocycles. The van der Waals surface area contributed by atoms with E-state index in [1.54, 1.807) is 0 Å². The standard InChI is InChI=1S/C16H26NO.NO3/c1-4-10-16(18)14-17(5-2,6-3)13-15-11-8-7-9-12-15;2-1(3)4/h7-9,11-12H,4-6,10,13-14H2,1-3H3;/q+1;-1. The van der Waals surface area contributed by atoms with Gasteiger partial charge in [0.1, 0.15) is 13.1 Å². The number of carbonyl (C=O) groups is 1. The Balaban J connectivity index is 0.000000980. The lowest BCUT2D eigenvalue weighted by Gasteiger charge is -2.36. The first kappa shape index (κ1) is 20.1. The van der Waals surface area contributed by atoms with Gasteiger partial charge in [-0.15, -0.1) is 0 Å². The number of hydrogen-bond donors (Lipinski definition) is 0. The van der Waals surface area contributed by atoms with Crippen LogP contribution in [0.15, 0.2) is 30.3 Å². The summed E-state index contributed by atoms with van der Waals surface area (Å²) in [5.74, 6) is 0.400. The van der Waals surface area contributed by atoms with Gasteiger partial charge >= 0.3 is 0 Å². The highest BCUT2D eigenvalue weighted by molar-refractivity contribution is 5.79. The highest BCUT2D eigenvalue weighted by Gasteiger charge is 2.26. The minimum absolute atomic E-state index is 0.400. The zero-order valence-corrected chi connectivity index (χ0v) is 13.7. The van der Waals surface area contributed by atoms with E-state index >= 15 is 0 Å². The molecule has 0 amide bonds. The van der Waals surface area contributed by atoms with Gasteiger partial charge in [0.15, 0.2) is 5.78 Å². The normalized spacial score (nSPS) is 10.5. The summed E-state index contributed by atoms with van der Waals surface area (Å²) in [5.41, 5.74) is 1.32. The average molecular weight is 310 g/mol. The molecule has 0 aliphatic heterocycles. The molecule has 22 heavy (non-hydrogen) atoms. The van der Waals surface area contributed by atoms with E-state index in [2.05, 4.69) is 45.0 Å². The third-order valence-electron chi connectivity index (χ3n) is 3.74. The van der Waals surface area contributed by atoms with Crippen LogP contribution < -0.4 is 0 Å². The van der Waals surface area contributed by atoms with Gasteiger partial charge < -0.3 is 19.8 Å². The van der Waals surface area contributed by atoms with E-state index in [4.69, 9.17) is 15.3 Å². The van der Waals surface area contributed by atoms with Crippen LogP contribution in [0.5, 0.6) is 0 Å². The Morgan fingerprint density at radius 2 is 1.59 bits per heavy atom. The Bertz CT molecular complexity index is 441. The number of quaternary nitrogens is 1. The second-order valence-corrected chi connectivity index (χ2v) is 5.29. The van der Waals surface area contributed by atoms with Crippen LogP contribution in [-0.2, 0) is 11.3 Å². The second kappa shape index (κ2) is 10.7. The highest BCUT2D eigenvalue weighted by atomic mass is 16.9. The molecule has 0 unspecified atom stereocenters. The van der Waals surface area contributed by atoms with Gasteiger partial charge in [-0.1, -0.05) is 37.3 Å². The monoisotopic (exact) mass is 310 g/mol. The number of ketones is 1. The van der Waals surface area contributed by atoms with Gasteiger partial charge in [-0.3, -0.25) is 4.79 Å². The third-order valence-corrected chi connectivity index (χ3v) is 3.74. The molecule has 0 aromatic heterocycles. The predicted octanol–water partition coefficient (Wildman–Crippen LogP) is 3.17. The number of Topliss-reactive ketones (excluding diaryl/α,β-unsaturated/α-hetero) is 1. The molecule has 0 N–H and O–H groups in total. The summed E-state index contributed by atoms with van der Waals surface area (Å²) in [7, 11) is 0. The Morgan fingerprint density at radius 3 is 2.00 bits per heavy atom. The summed E-state index contributed by atoms with van der Waals surface area (Å²) in [5, 5.41) is 14.8. The molecule has 0 aliphatic rings. The number of benzene rings is 1. The zero-order chi connectivity index (χ0) is 17.0. The summed E-state index contributed by atoms with van der Waals surface area (Å²) in [6.07, 6.45) is 1.67. The van der Waals surface area contributed by atoms with Crippen molar-refractivity contribution in [3.05, 3.63) is 51.2 Å². The molecule has 0 aliphatic carbocycles. The fourth-order valence-corrected chi connectivity index (χ4v) is 2.43. The molecule has 0 heterocycles. The number of hydrogen-bond acceptors (Lipinski definition) is 4. The van der Waals surface area contributed by atoms with Gasteiger partial charge in [0.2, 0.25) is 0 Å². The molecule has 1 aromatic carbocycles. The highest BCUT2D eigenvalue weighted by Crippen LogP contribution is 2.15. The molecule has 1 rings (SSSR count). The maximum atomic E-state index is 12.0. The first-order valence-corrected chi connectivity index (χ1v) is 7.61. The summed E-state index contributed by atoms with van der Waals surface area (Å²) in [4.78, 5) is 20.2. The van der Waals surface area contributed by atoms with Crippen LogP contribution in [0.2, 0.25) is 0 Å². The van der Waals surface area contributed by atoms with E-state index < -0.39 is 5.09 Å². The lowest BCUT2D eigenvalue weighted by molar-refractivity contribution is -0.930. The fourth-order valence-electron chi connectivity index (χ4n) is 2.43. The van der Waals surface area contributed by atoms with E-state index in [0.717, 1.165) is 37.0 Å². The van der Waals surface area contributed by atoms with Crippen LogP contribution in [0.25, 0.3) is 0 Å². The van der Waals surface area contributed by atoms with Crippen LogP contribution in [0.3, 0.4) is 0 Å². The van der Waals surface area contributed by atoms with E-state index in [9.17, 15) is 4.79 Å². The maximum Gasteiger partial charge on any atom is 0.186 e. The van der Waals surface area contributed by atoms with E-state index in [0.29, 0.717) is 12.3 Å². The molecule has 0 saturated heterocycles. The molecule has 0 spiro atoms. The van der Waals surface area contributed by atoms with Crippen molar-refractivity contribution < 1.29 is 14.4 Å². The van der Waals surface area contributed by atoms with Gasteiger partial charge in [-0.2, -0.15) is 0 Å². The number of carbonyl (C=O) groups excluding carboxylic acids is 1. The summed E-state index contributed by atoms with van der Waals surface area (Å²) in [6, 6.07) is 10.5. The molecule has 1 aromatic rings. The molecular formula is C16H26N2O4. The maximum absolute atomic E-state index is 12.0. The van der Waals surface area contributed by atoms with Gasteiger partial charge in [0.25, 0.3) is 0 Å². The van der Waals surface area contributed by atoms with Crippen molar-refractivity contribution in [1.29, 1.82) is 0 Å². The lowest BCUT2D eigenvalue weighted by atomic mass is 10.1. The third kappa shape index (κ3) is 8.36. The first-order valence-electron chi connectivity index (χ1n) is 7.61.